The lowest BCUT2D eigenvalue weighted by Crippen LogP contribution is -2.06. The molecule has 1 heteroatoms. The van der Waals surface area contributed by atoms with Gasteiger partial charge in [0.2, 0.25) is 0 Å². The van der Waals surface area contributed by atoms with Gasteiger partial charge in [0.1, 0.15) is 0 Å². The van der Waals surface area contributed by atoms with Crippen LogP contribution < -0.4 is 0 Å². The summed E-state index contributed by atoms with van der Waals surface area (Å²) >= 11 is 0. The second-order valence-electron chi connectivity index (χ2n) is 3.93. The summed E-state index contributed by atoms with van der Waals surface area (Å²) in [4.78, 5) is 0. The second kappa shape index (κ2) is 9.05. The van der Waals surface area contributed by atoms with Gasteiger partial charge in [-0.1, -0.05) is 52.0 Å². The molecule has 0 spiro atoms. The third kappa shape index (κ3) is 6.94. The molecule has 0 radical (unpaired) electrons. The van der Waals surface area contributed by atoms with E-state index in [-0.39, 0.29) is 6.10 Å². The molecule has 0 rings (SSSR count). The zero-order valence-electron chi connectivity index (χ0n) is 9.68. The lowest BCUT2D eigenvalue weighted by molar-refractivity contribution is 0.196. The molecule has 0 amide bonds. The van der Waals surface area contributed by atoms with Crippen molar-refractivity contribution in [3.8, 4) is 0 Å². The first-order valence-electron chi connectivity index (χ1n) is 5.77. The highest BCUT2D eigenvalue weighted by Crippen LogP contribution is 2.11. The van der Waals surface area contributed by atoms with E-state index in [1.54, 1.807) is 0 Å². The van der Waals surface area contributed by atoms with Crippen LogP contribution in [0.1, 0.15) is 58.8 Å². The van der Waals surface area contributed by atoms with Crippen molar-refractivity contribution in [1.29, 1.82) is 0 Å². The number of hydrogen-bond donors (Lipinski definition) is 1. The molecule has 0 aliphatic carbocycles. The van der Waals surface area contributed by atoms with E-state index in [1.807, 2.05) is 6.92 Å². The summed E-state index contributed by atoms with van der Waals surface area (Å²) in [6.07, 6.45) is 8.17. The zero-order valence-corrected chi connectivity index (χ0v) is 9.68. The van der Waals surface area contributed by atoms with Crippen molar-refractivity contribution in [3.05, 3.63) is 17.9 Å². The van der Waals surface area contributed by atoms with Crippen molar-refractivity contribution in [2.75, 3.05) is 0 Å². The minimum absolute atomic E-state index is 0.321. The monoisotopic (exact) mass is 196 g/mol. The van der Waals surface area contributed by atoms with E-state index in [1.165, 1.54) is 32.1 Å². The molecule has 1 N–H and O–H groups in total. The highest BCUT2D eigenvalue weighted by molar-refractivity contribution is 5.00. The van der Waals surface area contributed by atoms with Gasteiger partial charge in [-0.15, -0.1) is 5.73 Å². The summed E-state index contributed by atoms with van der Waals surface area (Å²) in [6, 6.07) is 0. The smallest absolute Gasteiger partial charge is 0.0820 e. The average molecular weight is 196 g/mol. The molecule has 0 fully saturated rings. The van der Waals surface area contributed by atoms with Crippen LogP contribution in [0.5, 0.6) is 0 Å². The lowest BCUT2D eigenvalue weighted by atomic mass is 10.0. The van der Waals surface area contributed by atoms with Crippen molar-refractivity contribution in [2.24, 2.45) is 0 Å². The summed E-state index contributed by atoms with van der Waals surface area (Å²) in [7, 11) is 0. The van der Waals surface area contributed by atoms with Crippen molar-refractivity contribution in [2.45, 2.75) is 64.9 Å². The van der Waals surface area contributed by atoms with Gasteiger partial charge in [-0.05, 0) is 18.9 Å². The molecule has 82 valence electrons. The van der Waals surface area contributed by atoms with Crippen molar-refractivity contribution in [1.82, 2.24) is 0 Å². The molecule has 0 aliphatic rings. The predicted octanol–water partition coefficient (Wildman–Crippen LogP) is 3.83. The van der Waals surface area contributed by atoms with Gasteiger partial charge >= 0.3 is 0 Å². The normalized spacial score (nSPS) is 12.2. The molecule has 0 aromatic carbocycles. The van der Waals surface area contributed by atoms with Crippen LogP contribution in [0.3, 0.4) is 0 Å². The van der Waals surface area contributed by atoms with Crippen molar-refractivity contribution >= 4 is 0 Å². The molecule has 1 atom stereocenters. The Hall–Kier alpha value is -0.520. The minimum Gasteiger partial charge on any atom is -0.388 e. The molecule has 0 aliphatic heterocycles. The van der Waals surface area contributed by atoms with Gasteiger partial charge in [-0.3, -0.25) is 0 Å². The average Bonchev–Trinajstić information content (AvgIpc) is 2.21. The Labute approximate surface area is 88.5 Å². The highest BCUT2D eigenvalue weighted by Gasteiger charge is 2.04. The maximum Gasteiger partial charge on any atom is 0.0820 e. The number of aliphatic hydroxyl groups excluding tert-OH is 1. The van der Waals surface area contributed by atoms with Crippen LogP contribution >= 0.6 is 0 Å². The zero-order chi connectivity index (χ0) is 10.8. The predicted molar refractivity (Wildman–Crippen MR) is 62.3 cm³/mol. The third-order valence-corrected chi connectivity index (χ3v) is 2.61. The van der Waals surface area contributed by atoms with Gasteiger partial charge in [-0.25, -0.2) is 0 Å². The molecular weight excluding hydrogens is 172 g/mol. The van der Waals surface area contributed by atoms with Crippen LogP contribution in [-0.4, -0.2) is 11.2 Å². The van der Waals surface area contributed by atoms with Crippen LogP contribution in [0, 0.1) is 0 Å². The fourth-order valence-electron chi connectivity index (χ4n) is 1.45. The Balaban J connectivity index is 3.32. The summed E-state index contributed by atoms with van der Waals surface area (Å²) in [5.74, 6) is 0. The summed E-state index contributed by atoms with van der Waals surface area (Å²) in [5, 5.41) is 9.58. The van der Waals surface area contributed by atoms with Gasteiger partial charge in [0.25, 0.3) is 0 Å². The Kier molecular flexibility index (Phi) is 8.72. The van der Waals surface area contributed by atoms with E-state index in [0.717, 1.165) is 18.4 Å². The molecule has 0 unspecified atom stereocenters. The maximum atomic E-state index is 9.58. The SMILES string of the molecule is C=C=C(C)[C@@H](O)CCCCCCCC. The van der Waals surface area contributed by atoms with Crippen molar-refractivity contribution in [3.63, 3.8) is 0 Å². The summed E-state index contributed by atoms with van der Waals surface area (Å²) in [6.45, 7) is 7.64. The standard InChI is InChI=1S/C13H24O/c1-4-6-7-8-9-10-11-13(14)12(3)5-2/h13-14H,2,4,6-11H2,1,3H3/t13-/m0/s1. The number of unbranched alkanes of at least 4 members (excludes halogenated alkanes) is 5. The quantitative estimate of drug-likeness (QED) is 0.462. The maximum absolute atomic E-state index is 9.58. The number of aliphatic hydroxyl groups is 1. The lowest BCUT2D eigenvalue weighted by Gasteiger charge is -2.08. The van der Waals surface area contributed by atoms with E-state index >= 15 is 0 Å². The molecule has 14 heavy (non-hydrogen) atoms. The Morgan fingerprint density at radius 1 is 1.21 bits per heavy atom. The van der Waals surface area contributed by atoms with Crippen LogP contribution in [0.15, 0.2) is 17.9 Å². The van der Waals surface area contributed by atoms with E-state index in [2.05, 4.69) is 19.2 Å². The minimum atomic E-state index is -0.321. The first-order chi connectivity index (χ1) is 6.72. The van der Waals surface area contributed by atoms with E-state index in [9.17, 15) is 5.11 Å². The summed E-state index contributed by atoms with van der Waals surface area (Å²) in [5.41, 5.74) is 3.62. The molecule has 1 nitrogen and oxygen atoms in total. The topological polar surface area (TPSA) is 20.2 Å². The van der Waals surface area contributed by atoms with Gasteiger partial charge in [0.15, 0.2) is 0 Å². The first-order valence-corrected chi connectivity index (χ1v) is 5.77. The fraction of sp³-hybridized carbons (Fsp3) is 0.769. The highest BCUT2D eigenvalue weighted by atomic mass is 16.3. The Morgan fingerprint density at radius 3 is 2.36 bits per heavy atom. The van der Waals surface area contributed by atoms with Gasteiger partial charge in [0, 0.05) is 0 Å². The molecule has 0 aromatic rings. The molecule has 0 saturated carbocycles. The number of rotatable bonds is 8. The molecule has 0 aromatic heterocycles. The Morgan fingerprint density at radius 2 is 1.79 bits per heavy atom. The van der Waals surface area contributed by atoms with Gasteiger partial charge < -0.3 is 5.11 Å². The van der Waals surface area contributed by atoms with E-state index in [4.69, 9.17) is 0 Å². The largest absolute Gasteiger partial charge is 0.388 e. The van der Waals surface area contributed by atoms with Crippen LogP contribution in [0.25, 0.3) is 0 Å². The molecule has 0 bridgehead atoms. The van der Waals surface area contributed by atoms with Crippen LogP contribution in [0.4, 0.5) is 0 Å². The second-order valence-corrected chi connectivity index (χ2v) is 3.93. The van der Waals surface area contributed by atoms with Gasteiger partial charge in [0.05, 0.1) is 6.10 Å². The third-order valence-electron chi connectivity index (χ3n) is 2.61. The van der Waals surface area contributed by atoms with Gasteiger partial charge in [-0.2, -0.15) is 0 Å². The Bertz CT molecular complexity index is 178. The van der Waals surface area contributed by atoms with Crippen LogP contribution in [0.2, 0.25) is 0 Å². The van der Waals surface area contributed by atoms with E-state index in [0.29, 0.717) is 0 Å². The molecular formula is C13H24O. The van der Waals surface area contributed by atoms with Crippen molar-refractivity contribution < 1.29 is 5.11 Å². The fourth-order valence-corrected chi connectivity index (χ4v) is 1.45. The van der Waals surface area contributed by atoms with E-state index < -0.39 is 0 Å². The molecule has 0 heterocycles. The van der Waals surface area contributed by atoms with Crippen LogP contribution in [-0.2, 0) is 0 Å². The molecule has 0 saturated heterocycles. The number of hydrogen-bond acceptors (Lipinski definition) is 1. The first kappa shape index (κ1) is 13.5. The summed E-state index contributed by atoms with van der Waals surface area (Å²) < 4.78 is 0.